The molecule has 0 aliphatic heterocycles. The van der Waals surface area contributed by atoms with Crippen molar-refractivity contribution < 1.29 is 9.59 Å². The fourth-order valence-corrected chi connectivity index (χ4v) is 4.75. The fourth-order valence-electron chi connectivity index (χ4n) is 4.75. The van der Waals surface area contributed by atoms with Gasteiger partial charge in [-0.2, -0.15) is 0 Å². The molecule has 2 unspecified atom stereocenters. The maximum absolute atomic E-state index is 13.1. The molecule has 3 aromatic carbocycles. The first-order chi connectivity index (χ1) is 16.2. The molecule has 0 radical (unpaired) electrons. The molecule has 2 atom stereocenters. The van der Waals surface area contributed by atoms with E-state index in [-0.39, 0.29) is 23.7 Å². The highest BCUT2D eigenvalue weighted by Crippen LogP contribution is 2.33. The van der Waals surface area contributed by atoms with Gasteiger partial charge in [0.15, 0.2) is 0 Å². The lowest BCUT2D eigenvalue weighted by atomic mass is 9.94. The van der Waals surface area contributed by atoms with Crippen LogP contribution in [0.3, 0.4) is 0 Å². The Morgan fingerprint density at radius 3 is 2.45 bits per heavy atom. The zero-order valence-electron chi connectivity index (χ0n) is 18.4. The highest BCUT2D eigenvalue weighted by Gasteiger charge is 2.37. The van der Waals surface area contributed by atoms with Crippen molar-refractivity contribution in [1.29, 1.82) is 0 Å². The van der Waals surface area contributed by atoms with Gasteiger partial charge >= 0.3 is 0 Å². The van der Waals surface area contributed by atoms with E-state index in [0.717, 1.165) is 52.5 Å². The van der Waals surface area contributed by atoms with Gasteiger partial charge in [0.1, 0.15) is 0 Å². The van der Waals surface area contributed by atoms with Crippen LogP contribution in [-0.2, 0) is 16.1 Å². The van der Waals surface area contributed by atoms with Gasteiger partial charge in [-0.1, -0.05) is 55.0 Å². The average molecular weight is 438 g/mol. The number of amides is 2. The van der Waals surface area contributed by atoms with Gasteiger partial charge in [-0.05, 0) is 65.3 Å². The third-order valence-corrected chi connectivity index (χ3v) is 6.52. The summed E-state index contributed by atoms with van der Waals surface area (Å²) in [7, 11) is 0. The second-order valence-electron chi connectivity index (χ2n) is 8.70. The summed E-state index contributed by atoms with van der Waals surface area (Å²) in [5.74, 6) is -0.704. The van der Waals surface area contributed by atoms with Crippen LogP contribution in [0.15, 0.2) is 85.1 Å². The third kappa shape index (κ3) is 4.67. The molecule has 1 aromatic heterocycles. The topological polar surface area (TPSA) is 74.0 Å². The smallest absolute Gasteiger partial charge is 0.228 e. The van der Waals surface area contributed by atoms with Crippen LogP contribution < -0.4 is 10.6 Å². The number of H-pyrrole nitrogens is 1. The molecule has 3 N–H and O–H groups in total. The van der Waals surface area contributed by atoms with E-state index in [1.54, 1.807) is 0 Å². The van der Waals surface area contributed by atoms with Gasteiger partial charge < -0.3 is 15.6 Å². The first kappa shape index (κ1) is 21.0. The molecule has 1 heterocycles. The van der Waals surface area contributed by atoms with Gasteiger partial charge in [0.05, 0.1) is 0 Å². The molecule has 4 aromatic rings. The van der Waals surface area contributed by atoms with Gasteiger partial charge in [0.25, 0.3) is 0 Å². The van der Waals surface area contributed by atoms with Crippen molar-refractivity contribution in [3.8, 4) is 11.1 Å². The molecular weight excluding hydrogens is 410 g/mol. The van der Waals surface area contributed by atoms with Crippen molar-refractivity contribution in [2.45, 2.75) is 25.8 Å². The van der Waals surface area contributed by atoms with Gasteiger partial charge in [-0.3, -0.25) is 9.59 Å². The minimum atomic E-state index is -0.305. The van der Waals surface area contributed by atoms with E-state index in [2.05, 4.69) is 33.8 Å². The van der Waals surface area contributed by atoms with Gasteiger partial charge in [0, 0.05) is 35.8 Å². The first-order valence-electron chi connectivity index (χ1n) is 11.5. The Labute approximate surface area is 193 Å². The normalized spacial score (nSPS) is 17.7. The van der Waals surface area contributed by atoms with Crippen molar-refractivity contribution in [3.05, 3.63) is 90.6 Å². The second-order valence-corrected chi connectivity index (χ2v) is 8.70. The predicted molar refractivity (Wildman–Crippen MR) is 131 cm³/mol. The Balaban J connectivity index is 1.25. The standard InChI is InChI=1S/C28H27N3O2/c32-27(30-18-19-6-2-1-3-7-19)24-10-5-11-25(24)28(33)31-23-9-4-8-20(17-23)21-12-13-26-22(16-21)14-15-29-26/h1-4,6-9,12-17,24-25,29H,5,10-11,18H2,(H,30,32)(H,31,33). The third-order valence-electron chi connectivity index (χ3n) is 6.52. The zero-order valence-corrected chi connectivity index (χ0v) is 18.4. The molecule has 166 valence electrons. The van der Waals surface area contributed by atoms with Crippen LogP contribution in [0.5, 0.6) is 0 Å². The van der Waals surface area contributed by atoms with Gasteiger partial charge in [-0.25, -0.2) is 0 Å². The Kier molecular flexibility index (Phi) is 5.94. The molecule has 5 heteroatoms. The number of aromatic nitrogens is 1. The van der Waals surface area contributed by atoms with Crippen LogP contribution in [0.4, 0.5) is 5.69 Å². The highest BCUT2D eigenvalue weighted by molar-refractivity contribution is 5.97. The van der Waals surface area contributed by atoms with Crippen LogP contribution >= 0.6 is 0 Å². The molecule has 5 rings (SSSR count). The number of rotatable bonds is 6. The lowest BCUT2D eigenvalue weighted by Crippen LogP contribution is -2.36. The molecule has 0 spiro atoms. The summed E-state index contributed by atoms with van der Waals surface area (Å²) in [5, 5.41) is 7.22. The summed E-state index contributed by atoms with van der Waals surface area (Å²) >= 11 is 0. The van der Waals surface area contributed by atoms with Crippen molar-refractivity contribution in [2.24, 2.45) is 11.8 Å². The van der Waals surface area contributed by atoms with E-state index < -0.39 is 0 Å². The minimum Gasteiger partial charge on any atom is -0.361 e. The number of benzene rings is 3. The molecule has 1 saturated carbocycles. The van der Waals surface area contributed by atoms with E-state index >= 15 is 0 Å². The molecule has 0 bridgehead atoms. The summed E-state index contributed by atoms with van der Waals surface area (Å²) in [6.07, 6.45) is 4.30. The van der Waals surface area contributed by atoms with E-state index in [1.165, 1.54) is 0 Å². The van der Waals surface area contributed by atoms with Crippen LogP contribution in [0, 0.1) is 11.8 Å². The summed E-state index contributed by atoms with van der Waals surface area (Å²) in [4.78, 5) is 29.1. The number of hydrogen-bond donors (Lipinski definition) is 3. The molecule has 5 nitrogen and oxygen atoms in total. The van der Waals surface area contributed by atoms with Crippen LogP contribution in [-0.4, -0.2) is 16.8 Å². The summed E-state index contributed by atoms with van der Waals surface area (Å²) in [6, 6.07) is 26.0. The maximum Gasteiger partial charge on any atom is 0.228 e. The van der Waals surface area contributed by atoms with E-state index in [1.807, 2.05) is 66.9 Å². The quantitative estimate of drug-likeness (QED) is 0.372. The lowest BCUT2D eigenvalue weighted by molar-refractivity contribution is -0.131. The van der Waals surface area contributed by atoms with Crippen LogP contribution in [0.25, 0.3) is 22.0 Å². The Hall–Kier alpha value is -3.86. The number of carbonyl (C=O) groups is 2. The molecule has 1 aliphatic carbocycles. The number of nitrogens with one attached hydrogen (secondary N) is 3. The van der Waals surface area contributed by atoms with Crippen LogP contribution in [0.2, 0.25) is 0 Å². The molecule has 2 amide bonds. The predicted octanol–water partition coefficient (Wildman–Crippen LogP) is 5.51. The summed E-state index contributed by atoms with van der Waals surface area (Å²) < 4.78 is 0. The van der Waals surface area contributed by atoms with E-state index in [0.29, 0.717) is 6.54 Å². The zero-order chi connectivity index (χ0) is 22.6. The number of fused-ring (bicyclic) bond motifs is 1. The molecule has 1 fully saturated rings. The highest BCUT2D eigenvalue weighted by atomic mass is 16.2. The average Bonchev–Trinajstić information content (AvgIpc) is 3.53. The van der Waals surface area contributed by atoms with Gasteiger partial charge in [0.2, 0.25) is 11.8 Å². The number of carbonyl (C=O) groups excluding carboxylic acids is 2. The van der Waals surface area contributed by atoms with Crippen molar-refractivity contribution in [1.82, 2.24) is 10.3 Å². The SMILES string of the molecule is O=C(NCc1ccccc1)C1CCCC1C(=O)Nc1cccc(-c2ccc3[nH]ccc3c2)c1. The Morgan fingerprint density at radius 2 is 1.61 bits per heavy atom. The van der Waals surface area contributed by atoms with Crippen molar-refractivity contribution in [2.75, 3.05) is 5.32 Å². The Morgan fingerprint density at radius 1 is 0.818 bits per heavy atom. The monoisotopic (exact) mass is 437 g/mol. The van der Waals surface area contributed by atoms with Crippen molar-refractivity contribution >= 4 is 28.4 Å². The Bertz CT molecular complexity index is 1280. The molecule has 33 heavy (non-hydrogen) atoms. The number of anilines is 1. The molecular formula is C28H27N3O2. The largest absolute Gasteiger partial charge is 0.361 e. The van der Waals surface area contributed by atoms with E-state index in [9.17, 15) is 9.59 Å². The first-order valence-corrected chi connectivity index (χ1v) is 11.5. The molecule has 1 aliphatic rings. The minimum absolute atomic E-state index is 0.0370. The maximum atomic E-state index is 13.1. The van der Waals surface area contributed by atoms with Crippen LogP contribution in [0.1, 0.15) is 24.8 Å². The summed E-state index contributed by atoms with van der Waals surface area (Å²) in [5.41, 5.74) is 5.04. The molecule has 0 saturated heterocycles. The second kappa shape index (κ2) is 9.33. The van der Waals surface area contributed by atoms with E-state index in [4.69, 9.17) is 0 Å². The van der Waals surface area contributed by atoms with Crippen molar-refractivity contribution in [3.63, 3.8) is 0 Å². The number of hydrogen-bond acceptors (Lipinski definition) is 2. The lowest BCUT2D eigenvalue weighted by Gasteiger charge is -2.19. The fraction of sp³-hybridized carbons (Fsp3) is 0.214. The summed E-state index contributed by atoms with van der Waals surface area (Å²) in [6.45, 7) is 0.484. The number of aromatic amines is 1. The van der Waals surface area contributed by atoms with Gasteiger partial charge in [-0.15, -0.1) is 0 Å².